The molecular weight excluding hydrogens is 338 g/mol. The summed E-state index contributed by atoms with van der Waals surface area (Å²) < 4.78 is 0. The molecule has 2 heterocycles. The average molecular weight is 360 g/mol. The topological polar surface area (TPSA) is 65.2 Å². The van der Waals surface area contributed by atoms with E-state index in [9.17, 15) is 9.59 Å². The van der Waals surface area contributed by atoms with E-state index in [4.69, 9.17) is 11.6 Å². The maximum atomic E-state index is 12.6. The Kier molecular flexibility index (Phi) is 5.25. The number of aromatic nitrogens is 1. The molecule has 1 aliphatic rings. The standard InChI is InChI=1S/C19H22ClN3O2/c1-12-16(18(24)21-13(2)17(12)20)19(25)22-15-8-9-23(11-15)10-14-6-4-3-5-7-14/h3-7,15H,8-11H2,1-2H3,(H,21,24)(H,22,25). The number of nitrogens with one attached hydrogen (secondary N) is 2. The van der Waals surface area contributed by atoms with Crippen molar-refractivity contribution in [3.8, 4) is 0 Å². The van der Waals surface area contributed by atoms with Crippen molar-refractivity contribution in [1.82, 2.24) is 15.2 Å². The van der Waals surface area contributed by atoms with Crippen LogP contribution in [0.5, 0.6) is 0 Å². The van der Waals surface area contributed by atoms with Crippen molar-refractivity contribution in [3.63, 3.8) is 0 Å². The van der Waals surface area contributed by atoms with E-state index in [1.807, 2.05) is 18.2 Å². The second-order valence-corrected chi connectivity index (χ2v) is 6.95. The summed E-state index contributed by atoms with van der Waals surface area (Å²) in [5.74, 6) is -0.354. The molecule has 1 fully saturated rings. The summed E-state index contributed by atoms with van der Waals surface area (Å²) in [7, 11) is 0. The predicted octanol–water partition coefficient (Wildman–Crippen LogP) is 2.65. The van der Waals surface area contributed by atoms with Crippen molar-refractivity contribution in [3.05, 3.63) is 68.1 Å². The Hall–Kier alpha value is -2.11. The Morgan fingerprint density at radius 1 is 1.32 bits per heavy atom. The second-order valence-electron chi connectivity index (χ2n) is 6.57. The first-order chi connectivity index (χ1) is 12.0. The first kappa shape index (κ1) is 17.7. The van der Waals surface area contributed by atoms with Crippen LogP contribution in [0.25, 0.3) is 0 Å². The predicted molar refractivity (Wildman–Crippen MR) is 99.1 cm³/mol. The molecule has 1 aromatic heterocycles. The number of pyridine rings is 1. The zero-order valence-corrected chi connectivity index (χ0v) is 15.2. The van der Waals surface area contributed by atoms with Crippen LogP contribution >= 0.6 is 11.6 Å². The van der Waals surface area contributed by atoms with Gasteiger partial charge in [-0.15, -0.1) is 0 Å². The molecule has 1 saturated heterocycles. The maximum absolute atomic E-state index is 12.6. The van der Waals surface area contributed by atoms with Crippen LogP contribution in [0.2, 0.25) is 5.02 Å². The number of benzene rings is 1. The monoisotopic (exact) mass is 359 g/mol. The lowest BCUT2D eigenvalue weighted by atomic mass is 10.1. The lowest BCUT2D eigenvalue weighted by molar-refractivity contribution is 0.0935. The Morgan fingerprint density at radius 3 is 2.76 bits per heavy atom. The number of aryl methyl sites for hydroxylation is 1. The van der Waals surface area contributed by atoms with Crippen LogP contribution < -0.4 is 10.9 Å². The van der Waals surface area contributed by atoms with Crippen molar-refractivity contribution < 1.29 is 4.79 Å². The molecule has 1 atom stereocenters. The third kappa shape index (κ3) is 3.94. The molecular formula is C19H22ClN3O2. The zero-order valence-electron chi connectivity index (χ0n) is 14.4. The highest BCUT2D eigenvalue weighted by atomic mass is 35.5. The highest BCUT2D eigenvalue weighted by molar-refractivity contribution is 6.32. The number of halogens is 1. The lowest BCUT2D eigenvalue weighted by Crippen LogP contribution is -2.40. The van der Waals surface area contributed by atoms with Crippen molar-refractivity contribution in [1.29, 1.82) is 0 Å². The number of carbonyl (C=O) groups is 1. The van der Waals surface area contributed by atoms with Crippen LogP contribution in [0.4, 0.5) is 0 Å². The molecule has 25 heavy (non-hydrogen) atoms. The fourth-order valence-corrected chi connectivity index (χ4v) is 3.46. The van der Waals surface area contributed by atoms with Crippen LogP contribution in [0.15, 0.2) is 35.1 Å². The van der Waals surface area contributed by atoms with Gasteiger partial charge in [0.25, 0.3) is 11.5 Å². The molecule has 1 unspecified atom stereocenters. The van der Waals surface area contributed by atoms with E-state index >= 15 is 0 Å². The number of H-pyrrole nitrogens is 1. The van der Waals surface area contributed by atoms with Gasteiger partial charge < -0.3 is 10.3 Å². The van der Waals surface area contributed by atoms with Crippen molar-refractivity contribution in [2.24, 2.45) is 0 Å². The van der Waals surface area contributed by atoms with E-state index in [-0.39, 0.29) is 17.5 Å². The second kappa shape index (κ2) is 7.42. The Bertz CT molecular complexity index is 833. The van der Waals surface area contributed by atoms with Crippen LogP contribution in [-0.2, 0) is 6.54 Å². The molecule has 0 aliphatic carbocycles. The van der Waals surface area contributed by atoms with E-state index < -0.39 is 5.56 Å². The highest BCUT2D eigenvalue weighted by Gasteiger charge is 2.26. The normalized spacial score (nSPS) is 17.6. The summed E-state index contributed by atoms with van der Waals surface area (Å²) in [5, 5.41) is 3.41. The van der Waals surface area contributed by atoms with Gasteiger partial charge in [-0.2, -0.15) is 0 Å². The summed E-state index contributed by atoms with van der Waals surface area (Å²) in [5.41, 5.74) is 2.08. The first-order valence-electron chi connectivity index (χ1n) is 8.42. The van der Waals surface area contributed by atoms with Crippen LogP contribution in [0, 0.1) is 13.8 Å². The van der Waals surface area contributed by atoms with E-state index in [1.54, 1.807) is 13.8 Å². The minimum atomic E-state index is -0.393. The van der Waals surface area contributed by atoms with Gasteiger partial charge in [0.1, 0.15) is 5.56 Å². The summed E-state index contributed by atoms with van der Waals surface area (Å²) >= 11 is 6.17. The lowest BCUT2D eigenvalue weighted by Gasteiger charge is -2.17. The summed E-state index contributed by atoms with van der Waals surface area (Å²) in [4.78, 5) is 29.7. The first-order valence-corrected chi connectivity index (χ1v) is 8.79. The summed E-state index contributed by atoms with van der Waals surface area (Å²) in [6.45, 7) is 5.98. The van der Waals surface area contributed by atoms with Crippen molar-refractivity contribution in [2.45, 2.75) is 32.9 Å². The van der Waals surface area contributed by atoms with Crippen LogP contribution in [0.1, 0.15) is 33.6 Å². The number of likely N-dealkylation sites (tertiary alicyclic amines) is 1. The molecule has 2 aromatic rings. The maximum Gasteiger partial charge on any atom is 0.261 e. The quantitative estimate of drug-likeness (QED) is 0.882. The highest BCUT2D eigenvalue weighted by Crippen LogP contribution is 2.20. The van der Waals surface area contributed by atoms with Gasteiger partial charge in [-0.05, 0) is 31.4 Å². The fraction of sp³-hybridized carbons (Fsp3) is 0.368. The van der Waals surface area contributed by atoms with E-state index in [0.29, 0.717) is 16.3 Å². The number of hydrogen-bond acceptors (Lipinski definition) is 3. The third-order valence-electron chi connectivity index (χ3n) is 4.65. The van der Waals surface area contributed by atoms with E-state index in [2.05, 4.69) is 27.3 Å². The van der Waals surface area contributed by atoms with E-state index in [0.717, 1.165) is 26.1 Å². The minimum Gasteiger partial charge on any atom is -0.348 e. The number of hydrogen-bond donors (Lipinski definition) is 2. The minimum absolute atomic E-state index is 0.0371. The molecule has 1 aliphatic heterocycles. The third-order valence-corrected chi connectivity index (χ3v) is 5.21. The summed E-state index contributed by atoms with van der Waals surface area (Å²) in [6, 6.07) is 10.3. The molecule has 0 bridgehead atoms. The van der Waals surface area contributed by atoms with Crippen LogP contribution in [-0.4, -0.2) is 34.9 Å². The zero-order chi connectivity index (χ0) is 18.0. The molecule has 1 aromatic carbocycles. The van der Waals surface area contributed by atoms with Gasteiger partial charge in [0, 0.05) is 31.4 Å². The number of amides is 1. The van der Waals surface area contributed by atoms with Gasteiger partial charge >= 0.3 is 0 Å². The van der Waals surface area contributed by atoms with Crippen LogP contribution in [0.3, 0.4) is 0 Å². The summed E-state index contributed by atoms with van der Waals surface area (Å²) in [6.07, 6.45) is 0.870. The molecule has 5 nitrogen and oxygen atoms in total. The Balaban J connectivity index is 1.65. The van der Waals surface area contributed by atoms with Gasteiger partial charge in [-0.25, -0.2) is 0 Å². The number of aromatic amines is 1. The largest absolute Gasteiger partial charge is 0.348 e. The van der Waals surface area contributed by atoms with Crippen molar-refractivity contribution >= 4 is 17.5 Å². The molecule has 0 saturated carbocycles. The average Bonchev–Trinajstić information content (AvgIpc) is 3.00. The smallest absolute Gasteiger partial charge is 0.261 e. The molecule has 1 amide bonds. The van der Waals surface area contributed by atoms with Gasteiger partial charge in [0.2, 0.25) is 0 Å². The molecule has 132 valence electrons. The fourth-order valence-electron chi connectivity index (χ4n) is 3.32. The number of carbonyl (C=O) groups excluding carboxylic acids is 1. The van der Waals surface area contributed by atoms with Gasteiger partial charge in [0.05, 0.1) is 5.02 Å². The van der Waals surface area contributed by atoms with E-state index in [1.165, 1.54) is 5.56 Å². The molecule has 6 heteroatoms. The number of rotatable bonds is 4. The van der Waals surface area contributed by atoms with Crippen molar-refractivity contribution in [2.75, 3.05) is 13.1 Å². The SMILES string of the molecule is Cc1[nH]c(=O)c(C(=O)NC2CCN(Cc3ccccc3)C2)c(C)c1Cl. The van der Waals surface area contributed by atoms with Gasteiger partial charge in [0.15, 0.2) is 0 Å². The Morgan fingerprint density at radius 2 is 2.04 bits per heavy atom. The molecule has 2 N–H and O–H groups in total. The molecule has 3 rings (SSSR count). The van der Waals surface area contributed by atoms with Gasteiger partial charge in [-0.3, -0.25) is 14.5 Å². The molecule has 0 radical (unpaired) electrons. The molecule has 0 spiro atoms. The Labute approximate surface area is 152 Å². The number of nitrogens with zero attached hydrogens (tertiary/aromatic N) is 1. The van der Waals surface area contributed by atoms with Gasteiger partial charge in [-0.1, -0.05) is 41.9 Å².